The molecule has 0 unspecified atom stereocenters. The smallest absolute Gasteiger partial charge is 0.0507 e. The van der Waals surface area contributed by atoms with Gasteiger partial charge >= 0.3 is 0 Å². The van der Waals surface area contributed by atoms with E-state index in [0.29, 0.717) is 0 Å². The lowest BCUT2D eigenvalue weighted by atomic mass is 10.0. The van der Waals surface area contributed by atoms with E-state index in [1.807, 2.05) is 0 Å². The maximum absolute atomic E-state index is 2.23. The molecule has 0 aliphatic carbocycles. The van der Waals surface area contributed by atoms with Crippen LogP contribution in [0.25, 0.3) is 0 Å². The minimum atomic E-state index is 1.04. The molecule has 15 heavy (non-hydrogen) atoms. The molecule has 0 radical (unpaired) electrons. The first-order chi connectivity index (χ1) is 7.18. The van der Waals surface area contributed by atoms with Crippen LogP contribution >= 0.6 is 0 Å². The molecule has 1 aliphatic heterocycles. The molecular weight excluding hydrogens is 182 g/mol. The van der Waals surface area contributed by atoms with Crippen LogP contribution in [0.5, 0.6) is 0 Å². The second-order valence-corrected chi connectivity index (χ2v) is 4.16. The molecule has 1 heteroatoms. The summed E-state index contributed by atoms with van der Waals surface area (Å²) in [6.45, 7) is 6.49. The lowest BCUT2D eigenvalue weighted by Gasteiger charge is -2.23. The second-order valence-electron chi connectivity index (χ2n) is 4.16. The first-order valence-corrected chi connectivity index (χ1v) is 5.38. The Morgan fingerprint density at radius 1 is 0.933 bits per heavy atom. The van der Waals surface area contributed by atoms with Gasteiger partial charge in [0.1, 0.15) is 0 Å². The van der Waals surface area contributed by atoms with Crippen molar-refractivity contribution >= 4 is 5.69 Å². The van der Waals surface area contributed by atoms with Crippen molar-refractivity contribution in [3.63, 3.8) is 0 Å². The van der Waals surface area contributed by atoms with E-state index in [-0.39, 0.29) is 0 Å². The molecule has 0 spiro atoms. The third kappa shape index (κ3) is 1.96. The summed E-state index contributed by atoms with van der Waals surface area (Å²) in [7, 11) is 0. The highest BCUT2D eigenvalue weighted by Gasteiger charge is 2.09. The van der Waals surface area contributed by atoms with Gasteiger partial charge in [-0.1, -0.05) is 29.8 Å². The minimum absolute atomic E-state index is 1.04. The molecule has 1 aromatic carbocycles. The molecule has 0 N–H and O–H groups in total. The zero-order chi connectivity index (χ0) is 10.8. The maximum atomic E-state index is 2.23. The van der Waals surface area contributed by atoms with Crippen LogP contribution in [0.3, 0.4) is 0 Å². The van der Waals surface area contributed by atoms with Gasteiger partial charge in [-0.05, 0) is 38.3 Å². The Morgan fingerprint density at radius 3 is 2.00 bits per heavy atom. The first-order valence-electron chi connectivity index (χ1n) is 5.38. The molecular formula is C14H17N. The molecule has 1 heterocycles. The molecule has 1 nitrogen and oxygen atoms in total. The van der Waals surface area contributed by atoms with Crippen LogP contribution in [0, 0.1) is 20.8 Å². The zero-order valence-corrected chi connectivity index (χ0v) is 9.62. The molecule has 0 bridgehead atoms. The maximum Gasteiger partial charge on any atom is 0.0507 e. The fraction of sp³-hybridized carbons (Fsp3) is 0.286. The number of hydrogen-bond donors (Lipinski definition) is 0. The largest absolute Gasteiger partial charge is 0.324 e. The summed E-state index contributed by atoms with van der Waals surface area (Å²) in [4.78, 5) is 2.20. The Kier molecular flexibility index (Phi) is 2.63. The topological polar surface area (TPSA) is 3.24 Å². The quantitative estimate of drug-likeness (QED) is 0.664. The second kappa shape index (κ2) is 3.93. The third-order valence-electron chi connectivity index (χ3n) is 2.70. The van der Waals surface area contributed by atoms with Crippen LogP contribution in [-0.4, -0.2) is 0 Å². The molecule has 78 valence electrons. The van der Waals surface area contributed by atoms with Crippen LogP contribution in [0.15, 0.2) is 36.7 Å². The van der Waals surface area contributed by atoms with E-state index in [4.69, 9.17) is 0 Å². The van der Waals surface area contributed by atoms with Gasteiger partial charge in [-0.2, -0.15) is 0 Å². The van der Waals surface area contributed by atoms with Gasteiger partial charge in [-0.25, -0.2) is 0 Å². The van der Waals surface area contributed by atoms with Crippen LogP contribution < -0.4 is 4.90 Å². The number of nitrogens with zero attached hydrogens (tertiary/aromatic N) is 1. The van der Waals surface area contributed by atoms with Gasteiger partial charge in [0, 0.05) is 12.4 Å². The van der Waals surface area contributed by atoms with Crippen molar-refractivity contribution in [1.29, 1.82) is 0 Å². The standard InChI is InChI=1S/C14H17N/c1-11-9-12(2)14(13(3)10-11)15-7-5-4-6-8-15/h5-10H,4H2,1-3H3. The summed E-state index contributed by atoms with van der Waals surface area (Å²) in [5.74, 6) is 0. The van der Waals surface area contributed by atoms with Crippen LogP contribution in [0.2, 0.25) is 0 Å². The van der Waals surface area contributed by atoms with Gasteiger partial charge in [0.15, 0.2) is 0 Å². The van der Waals surface area contributed by atoms with Gasteiger partial charge in [-0.15, -0.1) is 0 Å². The number of allylic oxidation sites excluding steroid dienone is 2. The number of benzene rings is 1. The highest BCUT2D eigenvalue weighted by molar-refractivity contribution is 5.64. The van der Waals surface area contributed by atoms with Crippen molar-refractivity contribution < 1.29 is 0 Å². The predicted molar refractivity (Wildman–Crippen MR) is 66.0 cm³/mol. The van der Waals surface area contributed by atoms with E-state index in [9.17, 15) is 0 Å². The molecule has 0 saturated carbocycles. The summed E-state index contributed by atoms with van der Waals surface area (Å²) in [5.41, 5.74) is 5.32. The summed E-state index contributed by atoms with van der Waals surface area (Å²) in [6, 6.07) is 4.47. The first kappa shape index (κ1) is 10.0. The van der Waals surface area contributed by atoms with Crippen molar-refractivity contribution in [3.8, 4) is 0 Å². The molecule has 0 aromatic heterocycles. The molecule has 1 aromatic rings. The Bertz CT molecular complexity index is 392. The summed E-state index contributed by atoms with van der Waals surface area (Å²) in [6.07, 6.45) is 9.69. The fourth-order valence-electron chi connectivity index (χ4n) is 2.21. The predicted octanol–water partition coefficient (Wildman–Crippen LogP) is 3.85. The van der Waals surface area contributed by atoms with E-state index in [2.05, 4.69) is 62.4 Å². The van der Waals surface area contributed by atoms with Crippen molar-refractivity contribution in [3.05, 3.63) is 53.4 Å². The van der Waals surface area contributed by atoms with Crippen molar-refractivity contribution in [2.24, 2.45) is 0 Å². The van der Waals surface area contributed by atoms with E-state index in [0.717, 1.165) is 6.42 Å². The SMILES string of the molecule is Cc1cc(C)c(N2C=CCC=C2)c(C)c1. The lowest BCUT2D eigenvalue weighted by Crippen LogP contribution is -2.12. The monoisotopic (exact) mass is 199 g/mol. The van der Waals surface area contributed by atoms with Crippen LogP contribution in [0.1, 0.15) is 23.1 Å². The lowest BCUT2D eigenvalue weighted by molar-refractivity contribution is 1.14. The van der Waals surface area contributed by atoms with Crippen LogP contribution in [0.4, 0.5) is 5.69 Å². The number of rotatable bonds is 1. The van der Waals surface area contributed by atoms with E-state index < -0.39 is 0 Å². The van der Waals surface area contributed by atoms with Gasteiger partial charge in [0.25, 0.3) is 0 Å². The Labute approximate surface area is 91.7 Å². The summed E-state index contributed by atoms with van der Waals surface area (Å²) >= 11 is 0. The average Bonchev–Trinajstić information content (AvgIpc) is 2.17. The fourth-order valence-corrected chi connectivity index (χ4v) is 2.21. The molecule has 1 aliphatic rings. The summed E-state index contributed by atoms with van der Waals surface area (Å²) < 4.78 is 0. The Morgan fingerprint density at radius 2 is 1.47 bits per heavy atom. The average molecular weight is 199 g/mol. The minimum Gasteiger partial charge on any atom is -0.324 e. The molecule has 2 rings (SSSR count). The normalized spacial score (nSPS) is 14.7. The molecule has 0 atom stereocenters. The number of aryl methyl sites for hydroxylation is 3. The summed E-state index contributed by atoms with van der Waals surface area (Å²) in [5, 5.41) is 0. The van der Waals surface area contributed by atoms with Crippen molar-refractivity contribution in [2.45, 2.75) is 27.2 Å². The number of anilines is 1. The highest BCUT2D eigenvalue weighted by atomic mass is 15.1. The van der Waals surface area contributed by atoms with Gasteiger partial charge in [0.05, 0.1) is 5.69 Å². The van der Waals surface area contributed by atoms with Gasteiger partial charge in [0.2, 0.25) is 0 Å². The number of hydrogen-bond acceptors (Lipinski definition) is 1. The zero-order valence-electron chi connectivity index (χ0n) is 9.62. The third-order valence-corrected chi connectivity index (χ3v) is 2.70. The molecule has 0 saturated heterocycles. The van der Waals surface area contributed by atoms with Gasteiger partial charge < -0.3 is 4.90 Å². The van der Waals surface area contributed by atoms with Crippen LogP contribution in [-0.2, 0) is 0 Å². The Hall–Kier alpha value is -1.50. The van der Waals surface area contributed by atoms with E-state index in [1.54, 1.807) is 0 Å². The van der Waals surface area contributed by atoms with Gasteiger partial charge in [-0.3, -0.25) is 0 Å². The van der Waals surface area contributed by atoms with Crippen molar-refractivity contribution in [1.82, 2.24) is 0 Å². The molecule has 0 amide bonds. The van der Waals surface area contributed by atoms with E-state index in [1.165, 1.54) is 22.4 Å². The highest BCUT2D eigenvalue weighted by Crippen LogP contribution is 2.27. The molecule has 0 fully saturated rings. The Balaban J connectivity index is 2.47. The van der Waals surface area contributed by atoms with Crippen molar-refractivity contribution in [2.75, 3.05) is 4.90 Å². The van der Waals surface area contributed by atoms with E-state index >= 15 is 0 Å².